The highest BCUT2D eigenvalue weighted by Gasteiger charge is 2.29. The Bertz CT molecular complexity index is 843. The Kier molecular flexibility index (Phi) is 9.48. The van der Waals surface area contributed by atoms with E-state index in [9.17, 15) is 9.59 Å². The van der Waals surface area contributed by atoms with Gasteiger partial charge < -0.3 is 19.7 Å². The lowest BCUT2D eigenvalue weighted by Gasteiger charge is -2.30. The van der Waals surface area contributed by atoms with Gasteiger partial charge in [0.1, 0.15) is 17.5 Å². The normalized spacial score (nSPS) is 11.5. The van der Waals surface area contributed by atoms with Crippen LogP contribution in [0.25, 0.3) is 0 Å². The summed E-state index contributed by atoms with van der Waals surface area (Å²) in [5.74, 6) is 0.651. The number of carbonyl (C=O) groups excluding carboxylic acids is 2. The van der Waals surface area contributed by atoms with Crippen molar-refractivity contribution in [1.82, 2.24) is 10.2 Å². The third-order valence-corrected chi connectivity index (χ3v) is 4.92. The predicted molar refractivity (Wildman–Crippen MR) is 118 cm³/mol. The highest BCUT2D eigenvalue weighted by molar-refractivity contribution is 6.32. The van der Waals surface area contributed by atoms with Gasteiger partial charge in [-0.1, -0.05) is 49.7 Å². The van der Waals surface area contributed by atoms with E-state index in [2.05, 4.69) is 5.32 Å². The fourth-order valence-electron chi connectivity index (χ4n) is 3.04. The van der Waals surface area contributed by atoms with Crippen LogP contribution < -0.4 is 14.8 Å². The van der Waals surface area contributed by atoms with Gasteiger partial charge >= 0.3 is 0 Å². The Labute approximate surface area is 183 Å². The molecular formula is C23H29ClN2O4. The summed E-state index contributed by atoms with van der Waals surface area (Å²) < 4.78 is 10.9. The molecule has 0 saturated carbocycles. The maximum Gasteiger partial charge on any atom is 0.261 e. The van der Waals surface area contributed by atoms with Crippen LogP contribution in [0.5, 0.6) is 11.5 Å². The molecule has 0 aliphatic heterocycles. The highest BCUT2D eigenvalue weighted by Crippen LogP contribution is 2.23. The van der Waals surface area contributed by atoms with Gasteiger partial charge in [-0.2, -0.15) is 0 Å². The molecule has 0 aromatic heterocycles. The van der Waals surface area contributed by atoms with E-state index in [1.54, 1.807) is 36.3 Å². The second kappa shape index (κ2) is 12.1. The second-order valence-corrected chi connectivity index (χ2v) is 7.21. The molecule has 2 aromatic carbocycles. The average Bonchev–Trinajstić information content (AvgIpc) is 2.76. The summed E-state index contributed by atoms with van der Waals surface area (Å²) in [7, 11) is 1.59. The summed E-state index contributed by atoms with van der Waals surface area (Å²) in [5.41, 5.74) is 0.863. The number of hydrogen-bond donors (Lipinski definition) is 1. The van der Waals surface area contributed by atoms with E-state index in [4.69, 9.17) is 21.1 Å². The van der Waals surface area contributed by atoms with Crippen molar-refractivity contribution in [2.75, 3.05) is 20.3 Å². The number of hydrogen-bond acceptors (Lipinski definition) is 4. The number of ether oxygens (including phenoxy) is 2. The van der Waals surface area contributed by atoms with Crippen molar-refractivity contribution in [2.24, 2.45) is 0 Å². The van der Waals surface area contributed by atoms with E-state index < -0.39 is 6.04 Å². The maximum atomic E-state index is 13.1. The summed E-state index contributed by atoms with van der Waals surface area (Å²) in [5, 5.41) is 3.32. The summed E-state index contributed by atoms with van der Waals surface area (Å²) >= 11 is 6.12. The fraction of sp³-hybridized carbons (Fsp3) is 0.391. The minimum atomic E-state index is -0.606. The third-order valence-electron chi connectivity index (χ3n) is 4.61. The number of methoxy groups -OCH3 is 1. The van der Waals surface area contributed by atoms with Crippen molar-refractivity contribution in [1.29, 1.82) is 0 Å². The average molecular weight is 433 g/mol. The van der Waals surface area contributed by atoms with Crippen LogP contribution in [0.3, 0.4) is 0 Å². The summed E-state index contributed by atoms with van der Waals surface area (Å²) in [6.45, 7) is 4.48. The van der Waals surface area contributed by atoms with Gasteiger partial charge in [0.05, 0.1) is 12.1 Å². The van der Waals surface area contributed by atoms with E-state index in [1.807, 2.05) is 38.1 Å². The zero-order valence-corrected chi connectivity index (χ0v) is 18.4. The van der Waals surface area contributed by atoms with Crippen LogP contribution in [0.2, 0.25) is 5.02 Å². The molecule has 0 aliphatic rings. The lowest BCUT2D eigenvalue weighted by molar-refractivity contribution is -0.143. The van der Waals surface area contributed by atoms with Crippen molar-refractivity contribution >= 4 is 23.4 Å². The molecule has 0 spiro atoms. The Morgan fingerprint density at radius 3 is 2.57 bits per heavy atom. The van der Waals surface area contributed by atoms with Gasteiger partial charge in [-0.05, 0) is 42.7 Å². The molecule has 2 amide bonds. The van der Waals surface area contributed by atoms with E-state index in [1.165, 1.54) is 0 Å². The van der Waals surface area contributed by atoms with E-state index in [0.29, 0.717) is 29.5 Å². The molecule has 1 unspecified atom stereocenters. The first-order valence-electron chi connectivity index (χ1n) is 10.1. The standard InChI is InChI=1S/C23H29ClN2O4/c1-4-13-25-23(28)20(5-2)26(15-17-9-8-10-18(14-17)29-3)22(27)16-30-21-12-7-6-11-19(21)24/h6-12,14,20H,4-5,13,15-16H2,1-3H3,(H,25,28). The topological polar surface area (TPSA) is 67.9 Å². The largest absolute Gasteiger partial charge is 0.497 e. The SMILES string of the molecule is CCCNC(=O)C(CC)N(Cc1cccc(OC)c1)C(=O)COc1ccccc1Cl. The van der Waals surface area contributed by atoms with Crippen LogP contribution in [0, 0.1) is 0 Å². The van der Waals surface area contributed by atoms with Crippen molar-refractivity contribution in [3.63, 3.8) is 0 Å². The number of carbonyl (C=O) groups is 2. The third kappa shape index (κ3) is 6.66. The predicted octanol–water partition coefficient (Wildman–Crippen LogP) is 4.06. The minimum absolute atomic E-state index is 0.173. The molecule has 0 heterocycles. The lowest BCUT2D eigenvalue weighted by Crippen LogP contribution is -2.50. The van der Waals surface area contributed by atoms with Crippen LogP contribution in [0.15, 0.2) is 48.5 Å². The minimum Gasteiger partial charge on any atom is -0.497 e. The first-order valence-corrected chi connectivity index (χ1v) is 10.4. The van der Waals surface area contributed by atoms with E-state index >= 15 is 0 Å². The van der Waals surface area contributed by atoms with Crippen LogP contribution >= 0.6 is 11.6 Å². The first kappa shape index (κ1) is 23.5. The summed E-state index contributed by atoms with van der Waals surface area (Å²) in [6, 6.07) is 13.8. The number of amides is 2. The number of nitrogens with zero attached hydrogens (tertiary/aromatic N) is 1. The molecule has 7 heteroatoms. The lowest BCUT2D eigenvalue weighted by atomic mass is 10.1. The molecule has 1 N–H and O–H groups in total. The van der Waals surface area contributed by atoms with E-state index in [0.717, 1.165) is 12.0 Å². The molecule has 0 bridgehead atoms. The zero-order chi connectivity index (χ0) is 21.9. The van der Waals surface area contributed by atoms with Gasteiger partial charge in [0, 0.05) is 13.1 Å². The summed E-state index contributed by atoms with van der Waals surface area (Å²) in [6.07, 6.45) is 1.30. The van der Waals surface area contributed by atoms with Gasteiger partial charge in [0.2, 0.25) is 5.91 Å². The van der Waals surface area contributed by atoms with Gasteiger partial charge in [0.25, 0.3) is 5.91 Å². The molecule has 1 atom stereocenters. The Morgan fingerprint density at radius 1 is 1.13 bits per heavy atom. The van der Waals surface area contributed by atoms with Gasteiger partial charge in [-0.15, -0.1) is 0 Å². The number of nitrogens with one attached hydrogen (secondary N) is 1. The molecule has 0 fully saturated rings. The van der Waals surface area contributed by atoms with Gasteiger partial charge in [-0.25, -0.2) is 0 Å². The first-order chi connectivity index (χ1) is 14.5. The molecule has 0 saturated heterocycles. The maximum absolute atomic E-state index is 13.1. The van der Waals surface area contributed by atoms with Crippen molar-refractivity contribution in [2.45, 2.75) is 39.3 Å². The quantitative estimate of drug-likeness (QED) is 0.581. The monoisotopic (exact) mass is 432 g/mol. The highest BCUT2D eigenvalue weighted by atomic mass is 35.5. The molecule has 2 rings (SSSR count). The van der Waals surface area contributed by atoms with Crippen molar-refractivity contribution < 1.29 is 19.1 Å². The smallest absolute Gasteiger partial charge is 0.261 e. The number of para-hydroxylation sites is 1. The molecule has 6 nitrogen and oxygen atoms in total. The molecule has 2 aromatic rings. The Morgan fingerprint density at radius 2 is 1.90 bits per heavy atom. The van der Waals surface area contributed by atoms with Gasteiger partial charge in [-0.3, -0.25) is 9.59 Å². The zero-order valence-electron chi connectivity index (χ0n) is 17.7. The van der Waals surface area contributed by atoms with Gasteiger partial charge in [0.15, 0.2) is 6.61 Å². The van der Waals surface area contributed by atoms with E-state index in [-0.39, 0.29) is 25.0 Å². The molecule has 30 heavy (non-hydrogen) atoms. The Balaban J connectivity index is 2.22. The Hall–Kier alpha value is -2.73. The van der Waals surface area contributed by atoms with Crippen molar-refractivity contribution in [3.8, 4) is 11.5 Å². The number of benzene rings is 2. The second-order valence-electron chi connectivity index (χ2n) is 6.81. The van der Waals surface area contributed by atoms with Crippen LogP contribution in [-0.2, 0) is 16.1 Å². The van der Waals surface area contributed by atoms with Crippen LogP contribution in [-0.4, -0.2) is 43.0 Å². The number of rotatable bonds is 11. The molecular weight excluding hydrogens is 404 g/mol. The molecule has 0 radical (unpaired) electrons. The number of halogens is 1. The van der Waals surface area contributed by atoms with Crippen molar-refractivity contribution in [3.05, 3.63) is 59.1 Å². The van der Waals surface area contributed by atoms with Crippen LogP contribution in [0.4, 0.5) is 0 Å². The van der Waals surface area contributed by atoms with Crippen LogP contribution in [0.1, 0.15) is 32.3 Å². The summed E-state index contributed by atoms with van der Waals surface area (Å²) in [4.78, 5) is 27.4. The molecule has 162 valence electrons. The fourth-order valence-corrected chi connectivity index (χ4v) is 3.23. The molecule has 0 aliphatic carbocycles.